The first-order chi connectivity index (χ1) is 15.5. The van der Waals surface area contributed by atoms with Gasteiger partial charge in [0.25, 0.3) is 0 Å². The van der Waals surface area contributed by atoms with Gasteiger partial charge in [-0.15, -0.1) is 0 Å². The minimum atomic E-state index is -1.30. The summed E-state index contributed by atoms with van der Waals surface area (Å²) in [5.74, 6) is 1.43. The molecule has 0 aliphatic heterocycles. The van der Waals surface area contributed by atoms with Gasteiger partial charge in [-0.1, -0.05) is 0 Å². The van der Waals surface area contributed by atoms with E-state index in [1.54, 1.807) is 0 Å². The zero-order valence-corrected chi connectivity index (χ0v) is 19.6. The normalized spacial score (nSPS) is 37.6. The van der Waals surface area contributed by atoms with Crippen LogP contribution in [0.5, 0.6) is 0 Å². The molecule has 0 heterocycles. The number of halogens is 3. The monoisotopic (exact) mass is 448 g/mol. The van der Waals surface area contributed by atoms with Crippen LogP contribution >= 0.6 is 0 Å². The molecule has 1 nitrogen and oxygen atoms in total. The molecule has 3 saturated carbocycles. The number of benzene rings is 1. The van der Waals surface area contributed by atoms with Crippen LogP contribution in [0.25, 0.3) is 0 Å². The van der Waals surface area contributed by atoms with Crippen LogP contribution in [-0.2, 0) is 17.6 Å². The van der Waals surface area contributed by atoms with Crippen molar-refractivity contribution in [3.63, 3.8) is 0 Å². The Morgan fingerprint density at radius 3 is 1.91 bits per heavy atom. The third-order valence-electron chi connectivity index (χ3n) is 9.75. The van der Waals surface area contributed by atoms with Crippen LogP contribution in [0.4, 0.5) is 13.2 Å². The zero-order chi connectivity index (χ0) is 22.2. The Bertz CT molecular complexity index is 800. The molecule has 0 radical (unpaired) electrons. The van der Waals surface area contributed by atoms with Gasteiger partial charge in [-0.2, -0.15) is 0 Å². The van der Waals surface area contributed by atoms with Crippen molar-refractivity contribution in [1.82, 2.24) is 0 Å². The number of fused-ring (bicyclic) bond motifs is 2. The lowest BCUT2D eigenvalue weighted by molar-refractivity contribution is 0.00157. The van der Waals surface area contributed by atoms with Crippen LogP contribution in [0.3, 0.4) is 0 Å². The van der Waals surface area contributed by atoms with Gasteiger partial charge in [-0.25, -0.2) is 13.2 Å². The van der Waals surface area contributed by atoms with Crippen molar-refractivity contribution in [2.45, 2.75) is 96.5 Å². The predicted molar refractivity (Wildman–Crippen MR) is 121 cm³/mol. The Kier molecular flexibility index (Phi) is 6.88. The van der Waals surface area contributed by atoms with E-state index in [-0.39, 0.29) is 0 Å². The topological polar surface area (TPSA) is 9.23 Å². The fourth-order valence-corrected chi connectivity index (χ4v) is 8.03. The summed E-state index contributed by atoms with van der Waals surface area (Å²) in [7, 11) is 0. The van der Waals surface area contributed by atoms with Gasteiger partial charge < -0.3 is 4.74 Å². The lowest BCUT2D eigenvalue weighted by Gasteiger charge is -2.47. The fourth-order valence-electron chi connectivity index (χ4n) is 8.03. The highest BCUT2D eigenvalue weighted by Gasteiger charge is 2.41. The molecule has 0 N–H and O–H groups in total. The Morgan fingerprint density at radius 1 is 0.719 bits per heavy atom. The van der Waals surface area contributed by atoms with E-state index in [0.717, 1.165) is 43.1 Å². The SMILES string of the molecule is CCOC1CCC(C2CCC3CC(C4CCc5c(cc(F)c(F)c5F)C4)CCC3C2)CC1. The summed E-state index contributed by atoms with van der Waals surface area (Å²) >= 11 is 0. The largest absolute Gasteiger partial charge is 0.379 e. The summed E-state index contributed by atoms with van der Waals surface area (Å²) in [5, 5.41) is 0. The summed E-state index contributed by atoms with van der Waals surface area (Å²) in [5.41, 5.74) is 1.14. The van der Waals surface area contributed by atoms with Crippen molar-refractivity contribution in [2.75, 3.05) is 6.61 Å². The number of hydrogen-bond acceptors (Lipinski definition) is 1. The summed E-state index contributed by atoms with van der Waals surface area (Å²) in [6, 6.07) is 1.26. The Hall–Kier alpha value is -1.03. The van der Waals surface area contributed by atoms with Crippen LogP contribution < -0.4 is 0 Å². The average molecular weight is 449 g/mol. The second-order valence-electron chi connectivity index (χ2n) is 11.3. The fraction of sp³-hybridized carbons (Fsp3) is 0.786. The summed E-state index contributed by atoms with van der Waals surface area (Å²) in [4.78, 5) is 0. The molecule has 5 unspecified atom stereocenters. The quantitative estimate of drug-likeness (QED) is 0.430. The van der Waals surface area contributed by atoms with Crippen molar-refractivity contribution in [2.24, 2.45) is 35.5 Å². The maximum atomic E-state index is 14.2. The molecule has 4 heteroatoms. The molecule has 4 aliphatic carbocycles. The first-order valence-corrected chi connectivity index (χ1v) is 13.3. The van der Waals surface area contributed by atoms with Crippen molar-refractivity contribution < 1.29 is 17.9 Å². The first-order valence-electron chi connectivity index (χ1n) is 13.3. The predicted octanol–water partition coefficient (Wildman–Crippen LogP) is 7.64. The molecule has 5 rings (SSSR count). The summed E-state index contributed by atoms with van der Waals surface area (Å²) in [6.07, 6.45) is 16.0. The molecule has 32 heavy (non-hydrogen) atoms. The standard InChI is InChI=1S/C28H39F3O/c1-2-32-24-10-7-17(8-11-24)18-3-4-20-14-21(6-5-19(20)13-18)22-9-12-25-23(15-22)16-26(29)28(31)27(25)30/h16-22,24H,2-15H2,1H3. The molecule has 1 aromatic carbocycles. The minimum absolute atomic E-state index is 0.424. The molecular weight excluding hydrogens is 409 g/mol. The van der Waals surface area contributed by atoms with Crippen LogP contribution in [-0.4, -0.2) is 12.7 Å². The highest BCUT2D eigenvalue weighted by molar-refractivity contribution is 5.33. The van der Waals surface area contributed by atoms with Gasteiger partial charge in [0.05, 0.1) is 6.10 Å². The Morgan fingerprint density at radius 2 is 1.28 bits per heavy atom. The van der Waals surface area contributed by atoms with E-state index in [4.69, 9.17) is 4.74 Å². The molecule has 0 aromatic heterocycles. The zero-order valence-electron chi connectivity index (χ0n) is 19.6. The van der Waals surface area contributed by atoms with Gasteiger partial charge in [-0.05, 0) is 143 Å². The molecule has 4 aliphatic rings. The van der Waals surface area contributed by atoms with Gasteiger partial charge in [0.1, 0.15) is 0 Å². The lowest BCUT2D eigenvalue weighted by Crippen LogP contribution is -2.37. The maximum Gasteiger partial charge on any atom is 0.194 e. The molecule has 0 saturated heterocycles. The van der Waals surface area contributed by atoms with Crippen LogP contribution in [0, 0.1) is 53.0 Å². The van der Waals surface area contributed by atoms with Crippen LogP contribution in [0.1, 0.15) is 88.7 Å². The van der Waals surface area contributed by atoms with E-state index >= 15 is 0 Å². The van der Waals surface area contributed by atoms with E-state index in [1.807, 2.05) is 0 Å². The highest BCUT2D eigenvalue weighted by atomic mass is 19.2. The summed E-state index contributed by atoms with van der Waals surface area (Å²) in [6.45, 7) is 2.95. The van der Waals surface area contributed by atoms with Gasteiger partial charge in [-0.3, -0.25) is 0 Å². The lowest BCUT2D eigenvalue weighted by atomic mass is 9.59. The van der Waals surface area contributed by atoms with Gasteiger partial charge in [0, 0.05) is 6.61 Å². The highest BCUT2D eigenvalue weighted by Crippen LogP contribution is 2.51. The number of ether oxygens (including phenoxy) is 1. The van der Waals surface area contributed by atoms with Crippen LogP contribution in [0.2, 0.25) is 0 Å². The number of rotatable bonds is 4. The molecule has 0 spiro atoms. The molecule has 0 amide bonds. The Balaban J connectivity index is 1.15. The van der Waals surface area contributed by atoms with E-state index < -0.39 is 17.5 Å². The Labute approximate surface area is 191 Å². The second kappa shape index (κ2) is 9.68. The molecule has 3 fully saturated rings. The van der Waals surface area contributed by atoms with Crippen LogP contribution in [0.15, 0.2) is 6.07 Å². The minimum Gasteiger partial charge on any atom is -0.379 e. The van der Waals surface area contributed by atoms with E-state index in [2.05, 4.69) is 6.92 Å². The number of hydrogen-bond donors (Lipinski definition) is 0. The first kappa shape index (κ1) is 22.7. The van der Waals surface area contributed by atoms with E-state index in [0.29, 0.717) is 35.5 Å². The molecule has 5 atom stereocenters. The van der Waals surface area contributed by atoms with Crippen molar-refractivity contribution in [1.29, 1.82) is 0 Å². The second-order valence-corrected chi connectivity index (χ2v) is 11.3. The van der Waals surface area contributed by atoms with Crippen molar-refractivity contribution in [3.05, 3.63) is 34.6 Å². The van der Waals surface area contributed by atoms with Crippen molar-refractivity contribution >= 4 is 0 Å². The molecule has 0 bridgehead atoms. The van der Waals surface area contributed by atoms with E-state index in [9.17, 15) is 13.2 Å². The summed E-state index contributed by atoms with van der Waals surface area (Å²) < 4.78 is 47.4. The van der Waals surface area contributed by atoms with Gasteiger partial charge >= 0.3 is 0 Å². The molecule has 178 valence electrons. The van der Waals surface area contributed by atoms with Gasteiger partial charge in [0.2, 0.25) is 0 Å². The van der Waals surface area contributed by atoms with Gasteiger partial charge in [0.15, 0.2) is 17.5 Å². The maximum absolute atomic E-state index is 14.2. The van der Waals surface area contributed by atoms with E-state index in [1.165, 1.54) is 70.3 Å². The third-order valence-corrected chi connectivity index (χ3v) is 9.75. The molecular formula is C28H39F3O. The average Bonchev–Trinajstić information content (AvgIpc) is 2.82. The van der Waals surface area contributed by atoms with Crippen molar-refractivity contribution in [3.8, 4) is 0 Å². The third kappa shape index (κ3) is 4.50. The molecule has 1 aromatic rings. The smallest absolute Gasteiger partial charge is 0.194 e.